The Morgan fingerprint density at radius 3 is 2.12 bits per heavy atom. The molecule has 1 unspecified atom stereocenters. The maximum Gasteiger partial charge on any atom is 0.336 e. The molecule has 0 aliphatic heterocycles. The summed E-state index contributed by atoms with van der Waals surface area (Å²) in [5.74, 6) is 2.23. The Balaban J connectivity index is 1.44. The number of hydrogen-bond acceptors (Lipinski definition) is 5. The van der Waals surface area contributed by atoms with Gasteiger partial charge in [-0.2, -0.15) is 0 Å². The molecule has 1 N–H and O–H groups in total. The summed E-state index contributed by atoms with van der Waals surface area (Å²) >= 11 is 0. The molecule has 3 rings (SSSR count). The van der Waals surface area contributed by atoms with Gasteiger partial charge in [-0.05, 0) is 100 Å². The molecular formula is C37H56O5. The van der Waals surface area contributed by atoms with Crippen LogP contribution >= 0.6 is 0 Å². The molecule has 0 spiro atoms. The van der Waals surface area contributed by atoms with E-state index in [1.165, 1.54) is 102 Å². The number of benzene rings is 1. The van der Waals surface area contributed by atoms with Crippen molar-refractivity contribution >= 4 is 11.9 Å². The van der Waals surface area contributed by atoms with Gasteiger partial charge in [0.25, 0.3) is 0 Å². The number of aliphatic hydroxyl groups is 1. The van der Waals surface area contributed by atoms with Gasteiger partial charge in [-0.15, -0.1) is 0 Å². The van der Waals surface area contributed by atoms with E-state index in [2.05, 4.69) is 44.3 Å². The van der Waals surface area contributed by atoms with Crippen LogP contribution in [-0.4, -0.2) is 35.9 Å². The second kappa shape index (κ2) is 17.0. The third-order valence-electron chi connectivity index (χ3n) is 9.90. The number of ether oxygens (including phenoxy) is 2. The van der Waals surface area contributed by atoms with Crippen molar-refractivity contribution in [1.29, 1.82) is 0 Å². The fourth-order valence-electron chi connectivity index (χ4n) is 6.89. The van der Waals surface area contributed by atoms with Crippen LogP contribution < -0.4 is 0 Å². The molecule has 5 nitrogen and oxygen atoms in total. The smallest absolute Gasteiger partial charge is 0.336 e. The molecule has 0 radical (unpaired) electrons. The molecular weight excluding hydrogens is 524 g/mol. The minimum Gasteiger partial charge on any atom is -0.462 e. The van der Waals surface area contributed by atoms with Crippen LogP contribution in [0, 0.1) is 23.7 Å². The Morgan fingerprint density at radius 2 is 1.55 bits per heavy atom. The minimum absolute atomic E-state index is 0.000793. The molecule has 5 heteroatoms. The van der Waals surface area contributed by atoms with Crippen molar-refractivity contribution in [2.45, 2.75) is 122 Å². The van der Waals surface area contributed by atoms with Crippen LogP contribution in [0.25, 0.3) is 0 Å². The largest absolute Gasteiger partial charge is 0.462 e. The van der Waals surface area contributed by atoms with Crippen LogP contribution in [0.4, 0.5) is 0 Å². The quantitative estimate of drug-likeness (QED) is 0.121. The number of carbonyl (C=O) groups excluding carboxylic acids is 2. The van der Waals surface area contributed by atoms with Crippen molar-refractivity contribution in [2.75, 3.05) is 13.2 Å². The standard InChI is InChI=1S/C37H56O5/c1-6-8-9-10-28-13-17-31(18-14-28)33-21-23-34(24-22-33)32-19-15-29(16-20-32)11-12-30(25-41-35(38)7-2)26-42-36(39)27(3)37(4,5)40/h7,15-16,19-20,28,30-31,33-34,40H,2-3,6,8-14,17-18,21-26H2,1,4-5H3. The molecule has 0 saturated heterocycles. The summed E-state index contributed by atoms with van der Waals surface area (Å²) in [6.07, 6.45) is 19.4. The molecule has 1 atom stereocenters. The first-order valence-corrected chi connectivity index (χ1v) is 16.6. The summed E-state index contributed by atoms with van der Waals surface area (Å²) in [6.45, 7) is 12.6. The lowest BCUT2D eigenvalue weighted by atomic mass is 9.68. The van der Waals surface area contributed by atoms with Gasteiger partial charge in [-0.1, -0.05) is 82.9 Å². The average Bonchev–Trinajstić information content (AvgIpc) is 3.00. The molecule has 0 heterocycles. The summed E-state index contributed by atoms with van der Waals surface area (Å²) in [4.78, 5) is 23.9. The summed E-state index contributed by atoms with van der Waals surface area (Å²) in [6, 6.07) is 9.02. The van der Waals surface area contributed by atoms with Crippen molar-refractivity contribution < 1.29 is 24.2 Å². The van der Waals surface area contributed by atoms with Gasteiger partial charge in [0.2, 0.25) is 0 Å². The highest BCUT2D eigenvalue weighted by Gasteiger charge is 2.31. The Morgan fingerprint density at radius 1 is 0.952 bits per heavy atom. The maximum absolute atomic E-state index is 12.3. The van der Waals surface area contributed by atoms with Crippen LogP contribution in [0.5, 0.6) is 0 Å². The minimum atomic E-state index is -1.35. The summed E-state index contributed by atoms with van der Waals surface area (Å²) < 4.78 is 10.7. The first-order valence-electron chi connectivity index (χ1n) is 16.6. The van der Waals surface area contributed by atoms with Crippen molar-refractivity contribution in [2.24, 2.45) is 23.7 Å². The third-order valence-corrected chi connectivity index (χ3v) is 9.90. The van der Waals surface area contributed by atoms with Gasteiger partial charge in [0, 0.05) is 12.0 Å². The van der Waals surface area contributed by atoms with Crippen LogP contribution in [0.15, 0.2) is 49.1 Å². The van der Waals surface area contributed by atoms with Crippen LogP contribution in [-0.2, 0) is 25.5 Å². The third kappa shape index (κ3) is 11.0. The van der Waals surface area contributed by atoms with Crippen molar-refractivity contribution in [3.8, 4) is 0 Å². The van der Waals surface area contributed by atoms with E-state index in [1.807, 2.05) is 0 Å². The Kier molecular flexibility index (Phi) is 13.8. The zero-order valence-electron chi connectivity index (χ0n) is 26.6. The number of carbonyl (C=O) groups is 2. The van der Waals surface area contributed by atoms with Crippen LogP contribution in [0.2, 0.25) is 0 Å². The van der Waals surface area contributed by atoms with Gasteiger partial charge < -0.3 is 14.6 Å². The summed E-state index contributed by atoms with van der Waals surface area (Å²) in [5.41, 5.74) is 1.32. The molecule has 0 amide bonds. The van der Waals surface area contributed by atoms with Crippen molar-refractivity contribution in [3.63, 3.8) is 0 Å². The van der Waals surface area contributed by atoms with Crippen molar-refractivity contribution in [1.82, 2.24) is 0 Å². The summed E-state index contributed by atoms with van der Waals surface area (Å²) in [5, 5.41) is 10.0. The van der Waals surface area contributed by atoms with Crippen LogP contribution in [0.3, 0.4) is 0 Å². The topological polar surface area (TPSA) is 72.8 Å². The number of aryl methyl sites for hydroxylation is 1. The van der Waals surface area contributed by atoms with Gasteiger partial charge in [-0.3, -0.25) is 0 Å². The summed E-state index contributed by atoms with van der Waals surface area (Å²) in [7, 11) is 0. The van der Waals surface area contributed by atoms with E-state index in [9.17, 15) is 14.7 Å². The number of unbranched alkanes of at least 4 members (excludes halogenated alkanes) is 2. The van der Waals surface area contributed by atoms with E-state index in [0.29, 0.717) is 12.3 Å². The van der Waals surface area contributed by atoms with Gasteiger partial charge >= 0.3 is 11.9 Å². The van der Waals surface area contributed by atoms with Crippen molar-refractivity contribution in [3.05, 3.63) is 60.2 Å². The fraction of sp³-hybridized carbons (Fsp3) is 0.676. The van der Waals surface area contributed by atoms with E-state index in [1.54, 1.807) is 0 Å². The van der Waals surface area contributed by atoms with E-state index in [-0.39, 0.29) is 24.7 Å². The number of esters is 2. The van der Waals surface area contributed by atoms with Gasteiger partial charge in [0.1, 0.15) is 0 Å². The van der Waals surface area contributed by atoms with Gasteiger partial charge in [0.15, 0.2) is 0 Å². The highest BCUT2D eigenvalue weighted by atomic mass is 16.5. The molecule has 2 aliphatic carbocycles. The molecule has 2 aliphatic rings. The van der Waals surface area contributed by atoms with Crippen LogP contribution in [0.1, 0.15) is 121 Å². The Bertz CT molecular complexity index is 988. The lowest BCUT2D eigenvalue weighted by Gasteiger charge is -2.38. The van der Waals surface area contributed by atoms with E-state index >= 15 is 0 Å². The van der Waals surface area contributed by atoms with E-state index in [0.717, 1.165) is 30.3 Å². The molecule has 0 bridgehead atoms. The molecule has 1 aromatic rings. The Hall–Kier alpha value is -2.40. The lowest BCUT2D eigenvalue weighted by Crippen LogP contribution is -2.30. The van der Waals surface area contributed by atoms with Gasteiger partial charge in [-0.25, -0.2) is 9.59 Å². The lowest BCUT2D eigenvalue weighted by molar-refractivity contribution is -0.145. The zero-order valence-corrected chi connectivity index (χ0v) is 26.6. The van der Waals surface area contributed by atoms with E-state index in [4.69, 9.17) is 9.47 Å². The van der Waals surface area contributed by atoms with E-state index < -0.39 is 17.5 Å². The number of hydrogen-bond donors (Lipinski definition) is 1. The molecule has 2 fully saturated rings. The predicted octanol–water partition coefficient (Wildman–Crippen LogP) is 8.50. The highest BCUT2D eigenvalue weighted by molar-refractivity contribution is 5.89. The molecule has 42 heavy (non-hydrogen) atoms. The molecule has 234 valence electrons. The molecule has 1 aromatic carbocycles. The molecule has 0 aromatic heterocycles. The van der Waals surface area contributed by atoms with Gasteiger partial charge in [0.05, 0.1) is 24.4 Å². The second-order valence-electron chi connectivity index (χ2n) is 13.5. The fourth-order valence-corrected chi connectivity index (χ4v) is 6.89. The highest BCUT2D eigenvalue weighted by Crippen LogP contribution is 2.44. The monoisotopic (exact) mass is 580 g/mol. The first kappa shape index (κ1) is 34.1. The number of rotatable bonds is 16. The SMILES string of the molecule is C=CC(=O)OCC(CCc1ccc(C2CCC(C3CCC(CCCCC)CC3)CC2)cc1)COC(=O)C(=C)C(C)(C)O. The zero-order chi connectivity index (χ0) is 30.5. The predicted molar refractivity (Wildman–Crippen MR) is 170 cm³/mol. The molecule has 2 saturated carbocycles. The first-order chi connectivity index (χ1) is 20.1. The Labute approximate surface area is 255 Å². The maximum atomic E-state index is 12.3. The second-order valence-corrected chi connectivity index (χ2v) is 13.5. The average molecular weight is 581 g/mol. The normalized spacial score (nSPS) is 23.5.